The maximum atomic E-state index is 11.3. The van der Waals surface area contributed by atoms with Gasteiger partial charge in [-0.1, -0.05) is 0 Å². The van der Waals surface area contributed by atoms with E-state index in [1.165, 1.54) is 17.4 Å². The molecular formula is C10H8BNO4S. The van der Waals surface area contributed by atoms with Crippen LogP contribution >= 0.6 is 11.3 Å². The van der Waals surface area contributed by atoms with E-state index in [0.717, 1.165) is 5.00 Å². The predicted octanol–water partition coefficient (Wildman–Crippen LogP) is 1.11. The summed E-state index contributed by atoms with van der Waals surface area (Å²) in [4.78, 5) is 23.9. The summed E-state index contributed by atoms with van der Waals surface area (Å²) < 4.78 is 5.54. The molecule has 2 radical (unpaired) electrons. The van der Waals surface area contributed by atoms with E-state index in [-0.39, 0.29) is 5.56 Å². The molecule has 86 valence electrons. The molecule has 7 heteroatoms. The van der Waals surface area contributed by atoms with Gasteiger partial charge in [-0.05, 0) is 12.5 Å². The molecule has 0 saturated heterocycles. The van der Waals surface area contributed by atoms with Crippen LogP contribution in [0.3, 0.4) is 0 Å². The van der Waals surface area contributed by atoms with Gasteiger partial charge in [0.15, 0.2) is 5.58 Å². The first-order valence-corrected chi connectivity index (χ1v) is 5.56. The topological polar surface area (TPSA) is 70.8 Å². The summed E-state index contributed by atoms with van der Waals surface area (Å²) >= 11 is 1.32. The molecule has 1 N–H and O–H groups in total. The van der Waals surface area contributed by atoms with Gasteiger partial charge in [-0.2, -0.15) is 0 Å². The highest BCUT2D eigenvalue weighted by molar-refractivity contribution is 7.22. The highest BCUT2D eigenvalue weighted by Gasteiger charge is 2.14. The van der Waals surface area contributed by atoms with Crippen molar-refractivity contribution in [2.24, 2.45) is 0 Å². The molecule has 0 saturated carbocycles. The number of thiophene rings is 1. The summed E-state index contributed by atoms with van der Waals surface area (Å²) in [6.45, 7) is 0. The average Bonchev–Trinajstić information content (AvgIpc) is 2.69. The van der Waals surface area contributed by atoms with E-state index in [1.807, 2.05) is 0 Å². The van der Waals surface area contributed by atoms with Crippen molar-refractivity contribution in [3.63, 3.8) is 0 Å². The largest absolute Gasteiger partial charge is 0.477 e. The smallest absolute Gasteiger partial charge is 0.351 e. The summed E-state index contributed by atoms with van der Waals surface area (Å²) in [7, 11) is 7.27. The Hall–Kier alpha value is -1.76. The summed E-state index contributed by atoms with van der Waals surface area (Å²) in [5.41, 5.74) is -0.827. The van der Waals surface area contributed by atoms with Crippen molar-refractivity contribution in [1.29, 1.82) is 0 Å². The Morgan fingerprint density at radius 2 is 2.29 bits per heavy atom. The predicted molar refractivity (Wildman–Crippen MR) is 66.3 cm³/mol. The van der Waals surface area contributed by atoms with Gasteiger partial charge in [0.05, 0.1) is 17.5 Å². The first-order valence-electron chi connectivity index (χ1n) is 4.75. The zero-order valence-corrected chi connectivity index (χ0v) is 9.78. The van der Waals surface area contributed by atoms with Crippen LogP contribution in [-0.4, -0.2) is 32.4 Å². The van der Waals surface area contributed by atoms with E-state index in [4.69, 9.17) is 17.4 Å². The van der Waals surface area contributed by atoms with Crippen molar-refractivity contribution < 1.29 is 14.3 Å². The number of rotatable bonds is 3. The Bertz CT molecular complexity index is 633. The minimum absolute atomic E-state index is 0.322. The molecule has 0 spiro atoms. The fraction of sp³-hybridized carbons (Fsp3) is 0.200. The number of hydrogen-bond acceptors (Lipinski definition) is 5. The van der Waals surface area contributed by atoms with Crippen molar-refractivity contribution in [2.45, 2.75) is 0 Å². The minimum Gasteiger partial charge on any atom is -0.477 e. The van der Waals surface area contributed by atoms with Gasteiger partial charge in [0.25, 0.3) is 0 Å². The highest BCUT2D eigenvalue weighted by Crippen LogP contribution is 2.31. The monoisotopic (exact) mass is 249 g/mol. The van der Waals surface area contributed by atoms with Crippen LogP contribution in [0.5, 0.6) is 0 Å². The third-order valence-electron chi connectivity index (χ3n) is 2.29. The molecule has 0 atom stereocenters. The number of carbonyl (C=O) groups is 1. The third-order valence-corrected chi connectivity index (χ3v) is 3.47. The lowest BCUT2D eigenvalue weighted by atomic mass is 10.1. The van der Waals surface area contributed by atoms with Gasteiger partial charge >= 0.3 is 11.6 Å². The van der Waals surface area contributed by atoms with Crippen molar-refractivity contribution >= 4 is 40.4 Å². The summed E-state index contributed by atoms with van der Waals surface area (Å²) in [6, 6.07) is 2.99. The van der Waals surface area contributed by atoms with Crippen LogP contribution in [-0.2, 0) is 0 Å². The van der Waals surface area contributed by atoms with Gasteiger partial charge in [0.2, 0.25) is 0 Å². The molecule has 2 aromatic rings. The lowest BCUT2D eigenvalue weighted by Crippen LogP contribution is -2.16. The molecule has 2 heterocycles. The molecular weight excluding hydrogens is 241 g/mol. The second kappa shape index (κ2) is 4.25. The Kier molecular flexibility index (Phi) is 2.93. The molecule has 0 bridgehead atoms. The summed E-state index contributed by atoms with van der Waals surface area (Å²) in [6.07, 6.45) is 0.322. The van der Waals surface area contributed by atoms with Gasteiger partial charge in [-0.25, -0.2) is 9.59 Å². The third kappa shape index (κ3) is 2.05. The van der Waals surface area contributed by atoms with E-state index in [9.17, 15) is 9.59 Å². The average molecular weight is 249 g/mol. The maximum absolute atomic E-state index is 11.3. The molecule has 0 aliphatic rings. The molecule has 2 rings (SSSR count). The lowest BCUT2D eigenvalue weighted by Gasteiger charge is -2.12. The quantitative estimate of drug-likeness (QED) is 0.825. The Morgan fingerprint density at radius 3 is 2.88 bits per heavy atom. The normalized spacial score (nSPS) is 10.6. The molecule has 17 heavy (non-hydrogen) atoms. The van der Waals surface area contributed by atoms with E-state index >= 15 is 0 Å². The number of aromatic carboxylic acids is 1. The van der Waals surface area contributed by atoms with Crippen LogP contribution in [0.4, 0.5) is 5.00 Å². The number of hydrogen-bond donors (Lipinski definition) is 1. The molecule has 0 amide bonds. The molecule has 0 unspecified atom stereocenters. The zero-order chi connectivity index (χ0) is 12.6. The molecule has 0 aromatic carbocycles. The van der Waals surface area contributed by atoms with Crippen LogP contribution < -0.4 is 10.5 Å². The zero-order valence-electron chi connectivity index (χ0n) is 8.97. The number of nitrogens with zero attached hydrogens (tertiary/aromatic N) is 1. The molecule has 0 aliphatic heterocycles. The maximum Gasteiger partial charge on any atom is 0.351 e. The van der Waals surface area contributed by atoms with Gasteiger partial charge in [0.1, 0.15) is 5.56 Å². The van der Waals surface area contributed by atoms with Crippen LogP contribution in [0.25, 0.3) is 10.3 Å². The van der Waals surface area contributed by atoms with E-state index in [1.54, 1.807) is 18.0 Å². The molecule has 0 aliphatic carbocycles. The van der Waals surface area contributed by atoms with Crippen molar-refractivity contribution in [3.05, 3.63) is 28.1 Å². The number of carboxylic acids is 1. The van der Waals surface area contributed by atoms with E-state index in [2.05, 4.69) is 0 Å². The van der Waals surface area contributed by atoms with Gasteiger partial charge in [-0.15, -0.1) is 11.3 Å². The minimum atomic E-state index is -1.29. The highest BCUT2D eigenvalue weighted by atomic mass is 32.1. The standard InChI is InChI=1S/C10H8BNO4S/c1-12(4-11)8-3-6-7(17-8)2-5(9(13)14)10(15)16-6/h2-3H,4H2,1H3,(H,13,14). The SMILES string of the molecule is [B]CN(C)c1cc2oc(=O)c(C(=O)O)cc2s1. The summed E-state index contributed by atoms with van der Waals surface area (Å²) in [5.74, 6) is -1.29. The van der Waals surface area contributed by atoms with Crippen molar-refractivity contribution in [2.75, 3.05) is 18.4 Å². The van der Waals surface area contributed by atoms with E-state index in [0.29, 0.717) is 16.7 Å². The number of anilines is 1. The van der Waals surface area contributed by atoms with Crippen molar-refractivity contribution in [1.82, 2.24) is 0 Å². The van der Waals surface area contributed by atoms with Crippen LogP contribution in [0.2, 0.25) is 0 Å². The second-order valence-electron chi connectivity index (χ2n) is 3.45. The van der Waals surface area contributed by atoms with Gasteiger partial charge in [-0.3, -0.25) is 0 Å². The fourth-order valence-corrected chi connectivity index (χ4v) is 2.33. The van der Waals surface area contributed by atoms with E-state index < -0.39 is 11.6 Å². The fourth-order valence-electron chi connectivity index (χ4n) is 1.33. The van der Waals surface area contributed by atoms with Crippen LogP contribution in [0.15, 0.2) is 21.3 Å². The van der Waals surface area contributed by atoms with Crippen LogP contribution in [0, 0.1) is 0 Å². The Labute approximate surface area is 102 Å². The van der Waals surface area contributed by atoms with Crippen LogP contribution in [0.1, 0.15) is 10.4 Å². The van der Waals surface area contributed by atoms with Gasteiger partial charge < -0.3 is 14.4 Å². The Morgan fingerprint density at radius 1 is 1.59 bits per heavy atom. The molecule has 5 nitrogen and oxygen atoms in total. The molecule has 0 fully saturated rings. The second-order valence-corrected chi connectivity index (χ2v) is 4.51. The Balaban J connectivity index is 2.62. The first kappa shape index (κ1) is 11.7. The first-order chi connectivity index (χ1) is 8.02. The summed E-state index contributed by atoms with van der Waals surface area (Å²) in [5, 5.41) is 9.61. The molecule has 2 aromatic heterocycles. The van der Waals surface area contributed by atoms with Gasteiger partial charge in [0, 0.05) is 13.1 Å². The lowest BCUT2D eigenvalue weighted by molar-refractivity contribution is 0.0692. The number of fused-ring (bicyclic) bond motifs is 1. The van der Waals surface area contributed by atoms with Crippen molar-refractivity contribution in [3.8, 4) is 0 Å². The number of carboxylic acid groups (broad SMARTS) is 1.